The molecule has 0 aliphatic rings. The topological polar surface area (TPSA) is 64.2 Å². The molecule has 1 heterocycles. The van der Waals surface area contributed by atoms with Crippen LogP contribution in [0.15, 0.2) is 48.4 Å². The molecule has 0 bridgehead atoms. The summed E-state index contributed by atoms with van der Waals surface area (Å²) in [6.07, 6.45) is -7.86. The van der Waals surface area contributed by atoms with E-state index in [0.717, 1.165) is 12.3 Å². The number of allylic oxidation sites excluding steroid dienone is 2. The van der Waals surface area contributed by atoms with E-state index >= 15 is 0 Å². The average Bonchev–Trinajstić information content (AvgIpc) is 2.52. The number of aliphatic hydroxyl groups is 1. The molecule has 0 saturated heterocycles. The Labute approximate surface area is 175 Å². The number of aliphatic hydroxyl groups excluding tert-OH is 1. The van der Waals surface area contributed by atoms with Crippen LogP contribution in [0.1, 0.15) is 25.0 Å². The number of ketones is 1. The Bertz CT molecular complexity index is 875. The van der Waals surface area contributed by atoms with Crippen LogP contribution < -0.4 is 4.73 Å². The van der Waals surface area contributed by atoms with Crippen molar-refractivity contribution >= 4 is 5.78 Å². The second-order valence-electron chi connectivity index (χ2n) is 5.48. The van der Waals surface area contributed by atoms with E-state index in [1.807, 2.05) is 6.07 Å². The van der Waals surface area contributed by atoms with Gasteiger partial charge in [0.05, 0.1) is 5.76 Å². The zero-order valence-electron chi connectivity index (χ0n) is 14.9. The fourth-order valence-electron chi connectivity index (χ4n) is 2.01. The van der Waals surface area contributed by atoms with Crippen LogP contribution in [-0.2, 0) is 37.3 Å². The quantitative estimate of drug-likeness (QED) is 0.134. The van der Waals surface area contributed by atoms with Crippen LogP contribution in [0.25, 0.3) is 11.3 Å². The minimum absolute atomic E-state index is 0. The van der Waals surface area contributed by atoms with Crippen LogP contribution in [-0.4, -0.2) is 10.9 Å². The number of benzene rings is 1. The Morgan fingerprint density at radius 3 is 2.10 bits per heavy atom. The van der Waals surface area contributed by atoms with Crippen molar-refractivity contribution in [1.29, 1.82) is 0 Å². The first-order valence-electron chi connectivity index (χ1n) is 7.50. The van der Waals surface area contributed by atoms with E-state index in [9.17, 15) is 36.3 Å². The van der Waals surface area contributed by atoms with Gasteiger partial charge in [-0.25, -0.2) is 4.73 Å². The number of pyridine rings is 1. The molecular formula is C18H14F6IrNO3-. The molecule has 11 heteroatoms. The molecule has 0 atom stereocenters. The molecule has 0 spiro atoms. The summed E-state index contributed by atoms with van der Waals surface area (Å²) >= 11 is 0. The van der Waals surface area contributed by atoms with Gasteiger partial charge in [-0.3, -0.25) is 4.79 Å². The van der Waals surface area contributed by atoms with Gasteiger partial charge in [0.2, 0.25) is 0 Å². The summed E-state index contributed by atoms with van der Waals surface area (Å²) in [4.78, 5) is 10.0. The molecule has 0 aliphatic carbocycles. The first kappa shape index (κ1) is 26.6. The first-order valence-corrected chi connectivity index (χ1v) is 7.50. The number of carbonyl (C=O) groups excluding carboxylic acids is 1. The van der Waals surface area contributed by atoms with Crippen molar-refractivity contribution in [3.05, 3.63) is 70.8 Å². The summed E-state index contributed by atoms with van der Waals surface area (Å²) in [5.41, 5.74) is -4.20. The molecule has 0 fully saturated rings. The molecule has 1 aromatic carbocycles. The Morgan fingerprint density at radius 2 is 1.72 bits per heavy atom. The van der Waals surface area contributed by atoms with Crippen molar-refractivity contribution in [2.75, 3.05) is 0 Å². The third kappa shape index (κ3) is 8.24. The van der Waals surface area contributed by atoms with Gasteiger partial charge in [-0.2, -0.15) is 26.3 Å². The second kappa shape index (κ2) is 10.4. The summed E-state index contributed by atoms with van der Waals surface area (Å²) in [7, 11) is 0. The van der Waals surface area contributed by atoms with E-state index in [4.69, 9.17) is 5.11 Å². The van der Waals surface area contributed by atoms with Crippen LogP contribution in [0.3, 0.4) is 0 Å². The molecule has 2 aromatic rings. The molecule has 0 amide bonds. The molecule has 29 heavy (non-hydrogen) atoms. The van der Waals surface area contributed by atoms with Gasteiger partial charge in [0, 0.05) is 32.2 Å². The van der Waals surface area contributed by atoms with Crippen LogP contribution in [0, 0.1) is 11.3 Å². The summed E-state index contributed by atoms with van der Waals surface area (Å²) < 4.78 is 76.5. The van der Waals surface area contributed by atoms with E-state index in [1.165, 1.54) is 32.1 Å². The third-order valence-corrected chi connectivity index (χ3v) is 3.07. The Balaban J connectivity index is 0.000000846. The van der Waals surface area contributed by atoms with E-state index in [1.54, 1.807) is 0 Å². The number of alkyl halides is 6. The summed E-state index contributed by atoms with van der Waals surface area (Å²) in [6.45, 7) is 2.85. The van der Waals surface area contributed by atoms with Gasteiger partial charge in [0.15, 0.2) is 12.0 Å². The maximum atomic E-state index is 12.9. The maximum absolute atomic E-state index is 12.9. The molecule has 1 N–H and O–H groups in total. The number of aromatic nitrogens is 1. The molecular weight excluding hydrogens is 584 g/mol. The number of hydrogen-bond acceptors (Lipinski definition) is 3. The Morgan fingerprint density at radius 1 is 1.14 bits per heavy atom. The average molecular weight is 599 g/mol. The predicted molar refractivity (Wildman–Crippen MR) is 86.7 cm³/mol. The summed E-state index contributed by atoms with van der Waals surface area (Å²) in [5.74, 6) is -0.0625. The molecule has 0 saturated carbocycles. The minimum atomic E-state index is -5.05. The van der Waals surface area contributed by atoms with Gasteiger partial charge < -0.3 is 10.3 Å². The van der Waals surface area contributed by atoms with Gasteiger partial charge in [0.1, 0.15) is 5.69 Å². The first-order chi connectivity index (χ1) is 12.7. The molecule has 4 nitrogen and oxygen atoms in total. The molecule has 0 aliphatic heterocycles. The third-order valence-electron chi connectivity index (χ3n) is 3.07. The second-order valence-corrected chi connectivity index (χ2v) is 5.48. The molecule has 2 rings (SSSR count). The molecule has 161 valence electrons. The van der Waals surface area contributed by atoms with Gasteiger partial charge in [0.25, 0.3) is 0 Å². The van der Waals surface area contributed by atoms with Crippen LogP contribution in [0.2, 0.25) is 0 Å². The van der Waals surface area contributed by atoms with Crippen molar-refractivity contribution in [1.82, 2.24) is 0 Å². The Hall–Kier alpha value is -2.39. The van der Waals surface area contributed by atoms with E-state index in [0.29, 0.717) is 6.07 Å². The smallest absolute Gasteiger partial charge is 0.381 e. The Kier molecular flexibility index (Phi) is 9.55. The molecule has 0 unspecified atom stereocenters. The number of carbonyl (C=O) groups is 1. The van der Waals surface area contributed by atoms with E-state index < -0.39 is 34.7 Å². The SMILES string of the molecule is CC(=O)/C=C(/C)O.[Ir].[O-][n+]1ccccc1-c1[c-]cc(C(F)(F)F)cc1C(F)(F)F. The molecule has 1 radical (unpaired) electrons. The maximum Gasteiger partial charge on any atom is 0.381 e. The van der Waals surface area contributed by atoms with E-state index in [-0.39, 0.29) is 42.4 Å². The fraction of sp³-hybridized carbons (Fsp3) is 0.222. The van der Waals surface area contributed by atoms with Crippen molar-refractivity contribution in [3.63, 3.8) is 0 Å². The number of hydrogen-bond donors (Lipinski definition) is 1. The minimum Gasteiger partial charge on any atom is -0.627 e. The zero-order valence-corrected chi connectivity index (χ0v) is 17.2. The van der Waals surface area contributed by atoms with Crippen LogP contribution in [0.5, 0.6) is 0 Å². The van der Waals surface area contributed by atoms with Gasteiger partial charge >= 0.3 is 12.4 Å². The summed E-state index contributed by atoms with van der Waals surface area (Å²) in [5, 5.41) is 19.9. The molecule has 1 aromatic heterocycles. The van der Waals surface area contributed by atoms with Crippen molar-refractivity contribution in [3.8, 4) is 11.3 Å². The number of halogens is 6. The summed E-state index contributed by atoms with van der Waals surface area (Å²) in [6, 6.07) is 5.93. The van der Waals surface area contributed by atoms with Crippen molar-refractivity contribution < 1.29 is 61.1 Å². The van der Waals surface area contributed by atoms with Crippen molar-refractivity contribution in [2.24, 2.45) is 0 Å². The monoisotopic (exact) mass is 599 g/mol. The normalized spacial score (nSPS) is 11.8. The zero-order chi connectivity index (χ0) is 21.7. The van der Waals surface area contributed by atoms with E-state index in [2.05, 4.69) is 0 Å². The van der Waals surface area contributed by atoms with Gasteiger partial charge in [-0.05, 0) is 31.0 Å². The van der Waals surface area contributed by atoms with Gasteiger partial charge in [-0.1, -0.05) is 11.6 Å². The standard InChI is InChI=1S/C13H6F6NO.C5H8O2.Ir/c14-12(15,16)8-4-5-9(10(7-8)13(17,18)19)11-3-1-2-6-20(11)21;1-4(6)3-5(2)7;/h1-4,6-7H;3,6H,1-2H3;/q-1;;/b;4-3-;. The van der Waals surface area contributed by atoms with Gasteiger partial charge in [-0.15, -0.1) is 18.2 Å². The largest absolute Gasteiger partial charge is 0.627 e. The van der Waals surface area contributed by atoms with Crippen LogP contribution in [0.4, 0.5) is 26.3 Å². The fourth-order valence-corrected chi connectivity index (χ4v) is 2.01. The van der Waals surface area contributed by atoms with Crippen LogP contribution >= 0.6 is 0 Å². The number of rotatable bonds is 2. The van der Waals surface area contributed by atoms with Crippen molar-refractivity contribution in [2.45, 2.75) is 26.2 Å². The predicted octanol–water partition coefficient (Wildman–Crippen LogP) is 4.86. The number of nitrogens with zero attached hydrogens (tertiary/aromatic N) is 1.